The van der Waals surface area contributed by atoms with E-state index in [-0.39, 0.29) is 0 Å². The van der Waals surface area contributed by atoms with E-state index < -0.39 is 5.91 Å². The second-order valence-corrected chi connectivity index (χ2v) is 5.21. The number of rotatable bonds is 3. The lowest BCUT2D eigenvalue weighted by atomic mass is 10.2. The van der Waals surface area contributed by atoms with Gasteiger partial charge in [-0.3, -0.25) is 9.69 Å². The minimum Gasteiger partial charge on any atom is -0.365 e. The molecule has 0 aliphatic carbocycles. The van der Waals surface area contributed by atoms with Gasteiger partial charge in [0.1, 0.15) is 5.82 Å². The molecule has 0 radical (unpaired) electrons. The fourth-order valence-electron chi connectivity index (χ4n) is 2.51. The number of hydrogen-bond donors (Lipinski definition) is 1. The number of carbonyl (C=O) groups excluding carboxylic acids is 1. The molecule has 2 N–H and O–H groups in total. The van der Waals surface area contributed by atoms with Crippen LogP contribution in [0.15, 0.2) is 18.3 Å². The van der Waals surface area contributed by atoms with Gasteiger partial charge >= 0.3 is 0 Å². The van der Waals surface area contributed by atoms with Crippen LogP contribution in [0.25, 0.3) is 0 Å². The number of aromatic nitrogens is 1. The molecule has 1 aromatic heterocycles. The summed E-state index contributed by atoms with van der Waals surface area (Å²) in [5.74, 6) is 0.314. The van der Waals surface area contributed by atoms with Gasteiger partial charge in [-0.05, 0) is 32.4 Å². The van der Waals surface area contributed by atoms with Crippen LogP contribution in [0, 0.1) is 0 Å². The summed E-state index contributed by atoms with van der Waals surface area (Å²) in [5.41, 5.74) is 5.93. The normalized spacial score (nSPS) is 17.5. The van der Waals surface area contributed by atoms with Crippen molar-refractivity contribution in [3.63, 3.8) is 0 Å². The molecule has 0 bridgehead atoms. The predicted octanol–water partition coefficient (Wildman–Crippen LogP) is 1.10. The molecule has 1 fully saturated rings. The van der Waals surface area contributed by atoms with Crippen molar-refractivity contribution in [2.75, 3.05) is 31.1 Å². The average molecular weight is 262 g/mol. The van der Waals surface area contributed by atoms with Crippen LogP contribution < -0.4 is 10.6 Å². The Morgan fingerprint density at radius 2 is 2.11 bits per heavy atom. The number of carbonyl (C=O) groups is 1. The van der Waals surface area contributed by atoms with E-state index in [1.165, 1.54) is 0 Å². The Labute approximate surface area is 114 Å². The van der Waals surface area contributed by atoms with Gasteiger partial charge in [-0.2, -0.15) is 0 Å². The number of anilines is 1. The fraction of sp³-hybridized carbons (Fsp3) is 0.571. The Hall–Kier alpha value is -1.62. The molecule has 0 aromatic carbocycles. The van der Waals surface area contributed by atoms with Crippen LogP contribution in [0.5, 0.6) is 0 Å². The quantitative estimate of drug-likeness (QED) is 0.886. The van der Waals surface area contributed by atoms with E-state index in [4.69, 9.17) is 5.73 Å². The first-order valence-electron chi connectivity index (χ1n) is 6.83. The van der Waals surface area contributed by atoms with Crippen molar-refractivity contribution in [2.45, 2.75) is 26.3 Å². The van der Waals surface area contributed by atoms with Gasteiger partial charge < -0.3 is 10.6 Å². The zero-order valence-corrected chi connectivity index (χ0v) is 11.7. The van der Waals surface area contributed by atoms with Crippen molar-refractivity contribution in [3.8, 4) is 0 Å². The van der Waals surface area contributed by atoms with E-state index in [9.17, 15) is 4.79 Å². The van der Waals surface area contributed by atoms with E-state index in [0.29, 0.717) is 11.6 Å². The van der Waals surface area contributed by atoms with Gasteiger partial charge in [-0.1, -0.05) is 0 Å². The minimum absolute atomic E-state index is 0.409. The van der Waals surface area contributed by atoms with Crippen LogP contribution in [0.2, 0.25) is 0 Å². The zero-order valence-electron chi connectivity index (χ0n) is 11.7. The molecule has 5 nitrogen and oxygen atoms in total. The monoisotopic (exact) mass is 262 g/mol. The fourth-order valence-corrected chi connectivity index (χ4v) is 2.51. The summed E-state index contributed by atoms with van der Waals surface area (Å²) in [6, 6.07) is 4.05. The Morgan fingerprint density at radius 3 is 2.79 bits per heavy atom. The van der Waals surface area contributed by atoms with E-state index >= 15 is 0 Å². The summed E-state index contributed by atoms with van der Waals surface area (Å²) in [7, 11) is 0. The smallest absolute Gasteiger partial charge is 0.252 e. The molecule has 1 saturated heterocycles. The van der Waals surface area contributed by atoms with Gasteiger partial charge in [0.15, 0.2) is 0 Å². The van der Waals surface area contributed by atoms with E-state index in [0.717, 1.165) is 38.4 Å². The van der Waals surface area contributed by atoms with Crippen LogP contribution in [0.3, 0.4) is 0 Å². The van der Waals surface area contributed by atoms with Crippen LogP contribution in [-0.4, -0.2) is 48.0 Å². The third-order valence-electron chi connectivity index (χ3n) is 3.61. The van der Waals surface area contributed by atoms with E-state index in [1.54, 1.807) is 18.3 Å². The summed E-state index contributed by atoms with van der Waals surface area (Å²) in [6.07, 6.45) is 2.79. The molecule has 5 heteroatoms. The number of amides is 1. The van der Waals surface area contributed by atoms with Gasteiger partial charge in [-0.15, -0.1) is 0 Å². The Bertz CT molecular complexity index is 447. The van der Waals surface area contributed by atoms with Crippen LogP contribution in [0.4, 0.5) is 5.82 Å². The first-order chi connectivity index (χ1) is 9.09. The lowest BCUT2D eigenvalue weighted by Crippen LogP contribution is -2.35. The number of nitrogens with two attached hydrogens (primary N) is 1. The van der Waals surface area contributed by atoms with Crippen LogP contribution in [0.1, 0.15) is 30.6 Å². The average Bonchev–Trinajstić information content (AvgIpc) is 2.64. The molecule has 104 valence electrons. The van der Waals surface area contributed by atoms with E-state index in [2.05, 4.69) is 28.6 Å². The van der Waals surface area contributed by atoms with Gasteiger partial charge in [0.05, 0.1) is 5.56 Å². The third kappa shape index (κ3) is 3.23. The molecule has 2 rings (SSSR count). The standard InChI is InChI=1S/C14H22N4O/c1-11(2)17-7-4-8-18(10-9-17)14-12(13(15)19)5-3-6-16-14/h3,5-6,11H,4,7-10H2,1-2H3,(H2,15,19). The van der Waals surface area contributed by atoms with Crippen LogP contribution in [-0.2, 0) is 0 Å². The van der Waals surface area contributed by atoms with Gasteiger partial charge in [-0.25, -0.2) is 4.98 Å². The molecular formula is C14H22N4O. The number of pyridine rings is 1. The molecule has 1 amide bonds. The van der Waals surface area contributed by atoms with Crippen LogP contribution >= 0.6 is 0 Å². The summed E-state index contributed by atoms with van der Waals surface area (Å²) in [5, 5.41) is 0. The summed E-state index contributed by atoms with van der Waals surface area (Å²) < 4.78 is 0. The van der Waals surface area contributed by atoms with Crippen molar-refractivity contribution in [3.05, 3.63) is 23.9 Å². The highest BCUT2D eigenvalue weighted by Gasteiger charge is 2.20. The lowest BCUT2D eigenvalue weighted by molar-refractivity contribution is 0.100. The minimum atomic E-state index is -0.409. The van der Waals surface area contributed by atoms with Gasteiger partial charge in [0.25, 0.3) is 5.91 Å². The van der Waals surface area contributed by atoms with Crippen molar-refractivity contribution in [2.24, 2.45) is 5.73 Å². The number of hydrogen-bond acceptors (Lipinski definition) is 4. The topological polar surface area (TPSA) is 62.5 Å². The first-order valence-corrected chi connectivity index (χ1v) is 6.83. The maximum absolute atomic E-state index is 11.5. The molecule has 1 aromatic rings. The molecular weight excluding hydrogens is 240 g/mol. The molecule has 1 aliphatic rings. The lowest BCUT2D eigenvalue weighted by Gasteiger charge is -2.25. The SMILES string of the molecule is CC(C)N1CCCN(c2ncccc2C(N)=O)CC1. The molecule has 0 spiro atoms. The predicted molar refractivity (Wildman–Crippen MR) is 76.3 cm³/mol. The highest BCUT2D eigenvalue weighted by molar-refractivity contribution is 5.97. The Kier molecular flexibility index (Phi) is 4.37. The van der Waals surface area contributed by atoms with E-state index in [1.807, 2.05) is 0 Å². The Balaban J connectivity index is 2.16. The van der Waals surface area contributed by atoms with Crippen molar-refractivity contribution >= 4 is 11.7 Å². The summed E-state index contributed by atoms with van der Waals surface area (Å²) in [4.78, 5) is 20.4. The van der Waals surface area contributed by atoms with Gasteiger partial charge in [0, 0.05) is 38.4 Å². The van der Waals surface area contributed by atoms with Crippen molar-refractivity contribution < 1.29 is 4.79 Å². The maximum atomic E-state index is 11.5. The molecule has 0 saturated carbocycles. The number of primary amides is 1. The number of nitrogens with zero attached hydrogens (tertiary/aromatic N) is 3. The van der Waals surface area contributed by atoms with Crippen molar-refractivity contribution in [1.82, 2.24) is 9.88 Å². The highest BCUT2D eigenvalue weighted by atomic mass is 16.1. The molecule has 19 heavy (non-hydrogen) atoms. The second kappa shape index (κ2) is 6.02. The first kappa shape index (κ1) is 13.8. The largest absolute Gasteiger partial charge is 0.365 e. The van der Waals surface area contributed by atoms with Crippen molar-refractivity contribution in [1.29, 1.82) is 0 Å². The summed E-state index contributed by atoms with van der Waals surface area (Å²) in [6.45, 7) is 8.31. The molecule has 0 atom stereocenters. The van der Waals surface area contributed by atoms with Gasteiger partial charge in [0.2, 0.25) is 0 Å². The summed E-state index contributed by atoms with van der Waals surface area (Å²) >= 11 is 0. The highest BCUT2D eigenvalue weighted by Crippen LogP contribution is 2.19. The molecule has 1 aliphatic heterocycles. The second-order valence-electron chi connectivity index (χ2n) is 5.21. The third-order valence-corrected chi connectivity index (χ3v) is 3.61. The Morgan fingerprint density at radius 1 is 1.32 bits per heavy atom. The molecule has 0 unspecified atom stereocenters. The molecule has 2 heterocycles. The maximum Gasteiger partial charge on any atom is 0.252 e. The zero-order chi connectivity index (χ0) is 13.8.